The molecule has 0 radical (unpaired) electrons. The van der Waals surface area contributed by atoms with E-state index in [9.17, 15) is 0 Å². The summed E-state index contributed by atoms with van der Waals surface area (Å²) in [5.74, 6) is 0.596. The van der Waals surface area contributed by atoms with Crippen LogP contribution in [-0.4, -0.2) is 9.55 Å². The maximum atomic E-state index is 6.69. The molecule has 0 aliphatic rings. The van der Waals surface area contributed by atoms with Crippen LogP contribution in [0.1, 0.15) is 0 Å². The maximum Gasteiger partial charge on any atom is 0.227 e. The Balaban J connectivity index is 1.15. The third kappa shape index (κ3) is 4.49. The summed E-state index contributed by atoms with van der Waals surface area (Å²) in [4.78, 5) is 7.27. The molecule has 12 aromatic rings. The Kier molecular flexibility index (Phi) is 6.44. The fourth-order valence-electron chi connectivity index (χ4n) is 8.42. The zero-order valence-corrected chi connectivity index (χ0v) is 30.1. The number of para-hydroxylation sites is 3. The number of nitrogens with zero attached hydrogens (tertiary/aromatic N) is 3. The number of rotatable bonds is 5. The van der Waals surface area contributed by atoms with Crippen molar-refractivity contribution >= 4 is 103 Å². The molecule has 0 aliphatic heterocycles. The number of anilines is 3. The highest BCUT2D eigenvalue weighted by Gasteiger charge is 2.25. The van der Waals surface area contributed by atoms with Gasteiger partial charge in [-0.3, -0.25) is 0 Å². The quantitative estimate of drug-likeness (QED) is 0.177. The second-order valence-corrected chi connectivity index (χ2v) is 15.0. The maximum absolute atomic E-state index is 6.69. The first-order valence-electron chi connectivity index (χ1n) is 18.4. The topological polar surface area (TPSA) is 47.3 Å². The Bertz CT molecular complexity index is 3450. The first-order valence-corrected chi connectivity index (χ1v) is 19.2. The van der Waals surface area contributed by atoms with Crippen molar-refractivity contribution in [1.82, 2.24) is 9.55 Å². The highest BCUT2D eigenvalue weighted by Crippen LogP contribution is 2.49. The van der Waals surface area contributed by atoms with Crippen molar-refractivity contribution in [2.45, 2.75) is 0 Å². The summed E-state index contributed by atoms with van der Waals surface area (Å²) in [7, 11) is 0. The van der Waals surface area contributed by atoms with Gasteiger partial charge in [0.2, 0.25) is 5.89 Å². The van der Waals surface area contributed by atoms with Gasteiger partial charge >= 0.3 is 0 Å². The lowest BCUT2D eigenvalue weighted by atomic mass is 10.1. The number of hydrogen-bond donors (Lipinski definition) is 0. The Morgan fingerprint density at radius 1 is 0.527 bits per heavy atom. The number of fused-ring (bicyclic) bond motifs is 11. The van der Waals surface area contributed by atoms with Crippen LogP contribution in [0.3, 0.4) is 0 Å². The summed E-state index contributed by atoms with van der Waals surface area (Å²) in [6.07, 6.45) is 0. The van der Waals surface area contributed by atoms with Gasteiger partial charge in [0.05, 0.1) is 38.2 Å². The van der Waals surface area contributed by atoms with Gasteiger partial charge in [0, 0.05) is 48.9 Å². The molecule has 0 amide bonds. The zero-order chi connectivity index (χ0) is 36.0. The highest BCUT2D eigenvalue weighted by molar-refractivity contribution is 7.26. The van der Waals surface area contributed by atoms with Gasteiger partial charge in [-0.05, 0) is 72.8 Å². The van der Waals surface area contributed by atoms with Crippen LogP contribution in [0.5, 0.6) is 0 Å². The van der Waals surface area contributed by atoms with Crippen LogP contribution in [0.15, 0.2) is 185 Å². The summed E-state index contributed by atoms with van der Waals surface area (Å²) < 4.78 is 18.1. The second-order valence-electron chi connectivity index (χ2n) is 13.9. The van der Waals surface area contributed by atoms with Gasteiger partial charge in [-0.1, -0.05) is 97.1 Å². The molecule has 55 heavy (non-hydrogen) atoms. The van der Waals surface area contributed by atoms with E-state index >= 15 is 0 Å². The van der Waals surface area contributed by atoms with E-state index in [4.69, 9.17) is 13.8 Å². The highest BCUT2D eigenvalue weighted by atomic mass is 32.1. The van der Waals surface area contributed by atoms with Crippen molar-refractivity contribution < 1.29 is 8.83 Å². The fraction of sp³-hybridized carbons (Fsp3) is 0. The van der Waals surface area contributed by atoms with E-state index in [0.29, 0.717) is 5.89 Å². The van der Waals surface area contributed by atoms with Gasteiger partial charge < -0.3 is 18.3 Å². The third-order valence-electron chi connectivity index (χ3n) is 10.8. The van der Waals surface area contributed by atoms with Gasteiger partial charge in [0.1, 0.15) is 16.7 Å². The van der Waals surface area contributed by atoms with E-state index in [1.54, 1.807) is 0 Å². The third-order valence-corrected chi connectivity index (χ3v) is 12.0. The van der Waals surface area contributed by atoms with Crippen molar-refractivity contribution in [3.8, 4) is 17.1 Å². The predicted octanol–water partition coefficient (Wildman–Crippen LogP) is 14.3. The van der Waals surface area contributed by atoms with Crippen LogP contribution in [0.25, 0.3) is 92.2 Å². The van der Waals surface area contributed by atoms with Crippen molar-refractivity contribution in [3.63, 3.8) is 0 Å². The Morgan fingerprint density at radius 3 is 2.13 bits per heavy atom. The first-order chi connectivity index (χ1) is 27.3. The minimum Gasteiger partial charge on any atom is -0.456 e. The first kappa shape index (κ1) is 30.3. The van der Waals surface area contributed by atoms with Gasteiger partial charge in [0.25, 0.3) is 0 Å². The molecule has 0 spiro atoms. The molecule has 0 saturated carbocycles. The molecule has 4 aromatic heterocycles. The minimum atomic E-state index is 0.596. The molecule has 8 aromatic carbocycles. The Labute approximate surface area is 318 Å². The van der Waals surface area contributed by atoms with E-state index < -0.39 is 0 Å². The largest absolute Gasteiger partial charge is 0.456 e. The number of aromatic nitrogens is 2. The lowest BCUT2D eigenvalue weighted by molar-refractivity contribution is 0.622. The standard InChI is InChI=1S/C49H29N3O2S/c1-3-13-30(14-4-1)49-50-38-27-28-42-45(47(38)54-49)37-26-25-32(29-43(37)53-42)51(41-23-12-20-36-34-18-8-10-24-44(34)55-48(36)41)40-22-11-19-35-33-17-7-9-21-39(33)52(46(35)40)31-15-5-2-6-16-31/h1-29H. The van der Waals surface area contributed by atoms with Crippen molar-refractivity contribution in [3.05, 3.63) is 176 Å². The van der Waals surface area contributed by atoms with Crippen LogP contribution >= 0.6 is 11.3 Å². The summed E-state index contributed by atoms with van der Waals surface area (Å²) >= 11 is 1.84. The van der Waals surface area contributed by atoms with E-state index in [2.05, 4.69) is 143 Å². The van der Waals surface area contributed by atoms with Crippen molar-refractivity contribution in [1.29, 1.82) is 0 Å². The summed E-state index contributed by atoms with van der Waals surface area (Å²) in [6.45, 7) is 0. The molecule has 0 N–H and O–H groups in total. The van der Waals surface area contributed by atoms with Gasteiger partial charge in [0.15, 0.2) is 5.58 Å². The predicted molar refractivity (Wildman–Crippen MR) is 229 cm³/mol. The molecule has 0 saturated heterocycles. The second kappa shape index (κ2) is 11.7. The molecule has 258 valence electrons. The van der Waals surface area contributed by atoms with Crippen molar-refractivity contribution in [2.24, 2.45) is 0 Å². The summed E-state index contributed by atoms with van der Waals surface area (Å²) in [6, 6.07) is 62.0. The number of thiophene rings is 1. The van der Waals surface area contributed by atoms with Gasteiger partial charge in [-0.2, -0.15) is 0 Å². The molecule has 12 rings (SSSR count). The lowest BCUT2D eigenvalue weighted by Gasteiger charge is -2.27. The molecule has 0 atom stereocenters. The number of oxazole rings is 1. The number of benzene rings is 8. The van der Waals surface area contributed by atoms with Crippen LogP contribution in [0.2, 0.25) is 0 Å². The van der Waals surface area contributed by atoms with E-state index in [-0.39, 0.29) is 0 Å². The molecule has 0 fully saturated rings. The molecular weight excluding hydrogens is 695 g/mol. The zero-order valence-electron chi connectivity index (χ0n) is 29.3. The summed E-state index contributed by atoms with van der Waals surface area (Å²) in [5, 5.41) is 6.82. The molecule has 4 heterocycles. The van der Waals surface area contributed by atoms with E-state index in [0.717, 1.165) is 72.4 Å². The molecule has 0 unspecified atom stereocenters. The fourth-order valence-corrected chi connectivity index (χ4v) is 9.63. The van der Waals surface area contributed by atoms with Crippen LogP contribution in [0, 0.1) is 0 Å². The molecular formula is C49H29N3O2S. The van der Waals surface area contributed by atoms with E-state index in [1.807, 2.05) is 53.8 Å². The summed E-state index contributed by atoms with van der Waals surface area (Å²) in [5.41, 5.74) is 10.6. The smallest absolute Gasteiger partial charge is 0.227 e. The van der Waals surface area contributed by atoms with Gasteiger partial charge in [-0.15, -0.1) is 11.3 Å². The van der Waals surface area contributed by atoms with Crippen LogP contribution in [0.4, 0.5) is 17.1 Å². The molecule has 6 heteroatoms. The monoisotopic (exact) mass is 723 g/mol. The SMILES string of the molecule is c1ccc(-c2nc3ccc4oc5cc(N(c6cccc7c6sc6ccccc67)c6cccc7c8ccccc8n(-c8ccccc8)c67)ccc5c4c3o2)cc1. The Morgan fingerprint density at radius 2 is 1.25 bits per heavy atom. The molecule has 0 bridgehead atoms. The van der Waals surface area contributed by atoms with Crippen LogP contribution < -0.4 is 4.90 Å². The Hall–Kier alpha value is -7.15. The number of hydrogen-bond acceptors (Lipinski definition) is 5. The average Bonchev–Trinajstić information content (AvgIpc) is 4.02. The van der Waals surface area contributed by atoms with Crippen LogP contribution in [-0.2, 0) is 0 Å². The van der Waals surface area contributed by atoms with Gasteiger partial charge in [-0.25, -0.2) is 4.98 Å². The number of furan rings is 1. The molecule has 0 aliphatic carbocycles. The lowest BCUT2D eigenvalue weighted by Crippen LogP contribution is -2.11. The molecule has 5 nitrogen and oxygen atoms in total. The average molecular weight is 724 g/mol. The normalized spacial score (nSPS) is 12.0. The minimum absolute atomic E-state index is 0.596. The van der Waals surface area contributed by atoms with E-state index in [1.165, 1.54) is 30.9 Å². The van der Waals surface area contributed by atoms with Crippen molar-refractivity contribution in [2.75, 3.05) is 4.90 Å².